The summed E-state index contributed by atoms with van der Waals surface area (Å²) in [5, 5.41) is 3.23. The lowest BCUT2D eigenvalue weighted by atomic mass is 10.1. The van der Waals surface area contributed by atoms with E-state index < -0.39 is 11.0 Å². The van der Waals surface area contributed by atoms with Crippen LogP contribution in [0.4, 0.5) is 5.69 Å². The average Bonchev–Trinajstić information content (AvgIpc) is 2.27. The molecular formula is C11H11NO3S. The molecule has 0 saturated carbocycles. The Morgan fingerprint density at radius 1 is 1.06 bits per heavy atom. The van der Waals surface area contributed by atoms with Crippen LogP contribution in [0.25, 0.3) is 10.8 Å². The van der Waals surface area contributed by atoms with Gasteiger partial charge in [-0.05, 0) is 11.5 Å². The highest BCUT2D eigenvalue weighted by atomic mass is 32.2. The minimum absolute atomic E-state index is 0.720. The highest BCUT2D eigenvalue weighted by Gasteiger charge is 2.06. The second-order valence-electron chi connectivity index (χ2n) is 3.30. The topological polar surface area (TPSA) is 46.6 Å². The van der Waals surface area contributed by atoms with Crippen LogP contribution in [0, 0.1) is 0 Å². The maximum Gasteiger partial charge on any atom is 0.277 e. The largest absolute Gasteiger partial charge is 0.277 e. The number of thiol groups is 1. The van der Waals surface area contributed by atoms with Gasteiger partial charge in [0, 0.05) is 12.4 Å². The van der Waals surface area contributed by atoms with Crippen molar-refractivity contribution in [2.75, 3.05) is 12.1 Å². The molecule has 0 bridgehead atoms. The Balaban J connectivity index is 2.51. The fourth-order valence-corrected chi connectivity index (χ4v) is 1.91. The molecule has 2 aromatic carbocycles. The van der Waals surface area contributed by atoms with Crippen molar-refractivity contribution in [3.63, 3.8) is 0 Å². The minimum atomic E-state index is -2.89. The van der Waals surface area contributed by atoms with Gasteiger partial charge >= 0.3 is 0 Å². The van der Waals surface area contributed by atoms with Crippen molar-refractivity contribution in [1.29, 1.82) is 0 Å². The van der Waals surface area contributed by atoms with E-state index in [1.165, 1.54) is 5.06 Å². The minimum Gasteiger partial charge on any atom is -0.239 e. The Bertz CT molecular complexity index is 567. The van der Waals surface area contributed by atoms with Crippen molar-refractivity contribution in [2.45, 2.75) is 0 Å². The van der Waals surface area contributed by atoms with Crippen LogP contribution >= 0.6 is 0 Å². The summed E-state index contributed by atoms with van der Waals surface area (Å²) in [6.07, 6.45) is 0. The normalized spacial score (nSPS) is 10.9. The molecule has 0 unspecified atom stereocenters. The number of hydrogen-bond acceptors (Lipinski definition) is 4. The van der Waals surface area contributed by atoms with Crippen LogP contribution in [0.1, 0.15) is 0 Å². The second kappa shape index (κ2) is 4.51. The molecule has 0 N–H and O–H groups in total. The van der Waals surface area contributed by atoms with Crippen LogP contribution in [-0.2, 0) is 15.3 Å². The molecule has 5 heteroatoms. The van der Waals surface area contributed by atoms with E-state index in [9.17, 15) is 8.42 Å². The molecule has 0 aliphatic carbocycles. The molecule has 16 heavy (non-hydrogen) atoms. The van der Waals surface area contributed by atoms with E-state index in [4.69, 9.17) is 0 Å². The summed E-state index contributed by atoms with van der Waals surface area (Å²) >= 11 is 0. The highest BCUT2D eigenvalue weighted by Crippen LogP contribution is 2.25. The maximum absolute atomic E-state index is 10.5. The molecule has 0 fully saturated rings. The van der Waals surface area contributed by atoms with E-state index in [2.05, 4.69) is 4.28 Å². The zero-order valence-electron chi connectivity index (χ0n) is 8.66. The Kier molecular flexibility index (Phi) is 3.07. The van der Waals surface area contributed by atoms with Gasteiger partial charge in [0.25, 0.3) is 11.0 Å². The number of anilines is 1. The van der Waals surface area contributed by atoms with E-state index in [1.54, 1.807) is 13.1 Å². The Morgan fingerprint density at radius 3 is 2.50 bits per heavy atom. The maximum atomic E-state index is 10.5. The molecule has 2 rings (SSSR count). The van der Waals surface area contributed by atoms with Gasteiger partial charge < -0.3 is 0 Å². The third-order valence-corrected chi connectivity index (χ3v) is 2.67. The Labute approximate surface area is 95.2 Å². The SMILES string of the molecule is CN(O[SH](=O)=O)c1cccc2ccccc12. The number of fused-ring (bicyclic) bond motifs is 1. The van der Waals surface area contributed by atoms with E-state index in [1.807, 2.05) is 36.4 Å². The number of hydrogen-bond donors (Lipinski definition) is 1. The fourth-order valence-electron chi connectivity index (χ4n) is 1.63. The van der Waals surface area contributed by atoms with Crippen LogP contribution in [0.2, 0.25) is 0 Å². The Morgan fingerprint density at radius 2 is 1.75 bits per heavy atom. The molecule has 84 valence electrons. The van der Waals surface area contributed by atoms with Crippen molar-refractivity contribution < 1.29 is 12.7 Å². The van der Waals surface area contributed by atoms with E-state index in [0.717, 1.165) is 16.5 Å². The molecule has 0 aliphatic rings. The third kappa shape index (κ3) is 2.15. The summed E-state index contributed by atoms with van der Waals surface area (Å²) < 4.78 is 25.6. The summed E-state index contributed by atoms with van der Waals surface area (Å²) in [6.45, 7) is 0. The first-order valence-electron chi connectivity index (χ1n) is 4.72. The van der Waals surface area contributed by atoms with Crippen molar-refractivity contribution in [2.24, 2.45) is 0 Å². The zero-order chi connectivity index (χ0) is 11.5. The van der Waals surface area contributed by atoms with Crippen molar-refractivity contribution in [3.8, 4) is 0 Å². The number of rotatable bonds is 3. The van der Waals surface area contributed by atoms with E-state index in [-0.39, 0.29) is 0 Å². The van der Waals surface area contributed by atoms with Gasteiger partial charge in [0.15, 0.2) is 0 Å². The van der Waals surface area contributed by atoms with E-state index >= 15 is 0 Å². The molecule has 0 aliphatic heterocycles. The van der Waals surface area contributed by atoms with Crippen LogP contribution < -0.4 is 5.06 Å². The Hall–Kier alpha value is -1.59. The van der Waals surface area contributed by atoms with Crippen LogP contribution in [0.15, 0.2) is 42.5 Å². The van der Waals surface area contributed by atoms with Gasteiger partial charge in [-0.3, -0.25) is 0 Å². The van der Waals surface area contributed by atoms with Gasteiger partial charge in [-0.1, -0.05) is 36.4 Å². The average molecular weight is 237 g/mol. The van der Waals surface area contributed by atoms with Crippen molar-refractivity contribution >= 4 is 27.4 Å². The first-order valence-corrected chi connectivity index (χ1v) is 5.82. The number of hydroxylamine groups is 1. The van der Waals surface area contributed by atoms with Gasteiger partial charge in [-0.2, -0.15) is 4.28 Å². The summed E-state index contributed by atoms with van der Waals surface area (Å²) in [7, 11) is -1.33. The monoisotopic (exact) mass is 237 g/mol. The summed E-state index contributed by atoms with van der Waals surface area (Å²) in [4.78, 5) is 0. The van der Waals surface area contributed by atoms with Crippen LogP contribution in [-0.4, -0.2) is 15.5 Å². The lowest BCUT2D eigenvalue weighted by Gasteiger charge is -2.16. The molecule has 0 atom stereocenters. The lowest BCUT2D eigenvalue weighted by Crippen LogP contribution is -2.16. The molecule has 0 aromatic heterocycles. The molecule has 0 heterocycles. The molecule has 4 nitrogen and oxygen atoms in total. The quantitative estimate of drug-likeness (QED) is 0.652. The van der Waals surface area contributed by atoms with Crippen LogP contribution in [0.5, 0.6) is 0 Å². The van der Waals surface area contributed by atoms with Gasteiger partial charge in [-0.15, -0.1) is 0 Å². The first kappa shape index (κ1) is 10.9. The molecular weight excluding hydrogens is 226 g/mol. The third-order valence-electron chi connectivity index (χ3n) is 2.30. The highest BCUT2D eigenvalue weighted by molar-refractivity contribution is 7.67. The summed E-state index contributed by atoms with van der Waals surface area (Å²) in [6, 6.07) is 13.3. The lowest BCUT2D eigenvalue weighted by molar-refractivity contribution is 0.321. The standard InChI is InChI=1S/C11H11NO3S/c1-12(15-16(13)14)11-8-4-6-9-5-2-3-7-10(9)11/h2-8,16H,1H3. The number of nitrogens with zero attached hydrogens (tertiary/aromatic N) is 1. The molecule has 0 saturated heterocycles. The van der Waals surface area contributed by atoms with Gasteiger partial charge in [-0.25, -0.2) is 13.5 Å². The van der Waals surface area contributed by atoms with Crippen LogP contribution in [0.3, 0.4) is 0 Å². The first-order chi connectivity index (χ1) is 7.68. The molecule has 2 aromatic rings. The molecule has 0 spiro atoms. The predicted molar refractivity (Wildman–Crippen MR) is 63.8 cm³/mol. The van der Waals surface area contributed by atoms with E-state index in [0.29, 0.717) is 0 Å². The fraction of sp³-hybridized carbons (Fsp3) is 0.0909. The second-order valence-corrected chi connectivity index (χ2v) is 3.91. The predicted octanol–water partition coefficient (Wildman–Crippen LogP) is 1.73. The molecule has 0 amide bonds. The van der Waals surface area contributed by atoms with Gasteiger partial charge in [0.1, 0.15) is 0 Å². The zero-order valence-corrected chi connectivity index (χ0v) is 9.56. The molecule has 0 radical (unpaired) electrons. The van der Waals surface area contributed by atoms with Gasteiger partial charge in [0.05, 0.1) is 5.69 Å². The smallest absolute Gasteiger partial charge is 0.239 e. The summed E-state index contributed by atoms with van der Waals surface area (Å²) in [5.41, 5.74) is 0.720. The van der Waals surface area contributed by atoms with Gasteiger partial charge in [0.2, 0.25) is 0 Å². The van der Waals surface area contributed by atoms with Crippen molar-refractivity contribution in [1.82, 2.24) is 0 Å². The van der Waals surface area contributed by atoms with Crippen molar-refractivity contribution in [3.05, 3.63) is 42.5 Å². The summed E-state index contributed by atoms with van der Waals surface area (Å²) in [5.74, 6) is 0. The number of benzene rings is 2.